The maximum absolute atomic E-state index is 13.3. The average molecular weight is 946 g/mol. The number of anilines is 2. The number of carbonyl (C=O) groups excluding carboxylic acids is 4. The van der Waals surface area contributed by atoms with Crippen LogP contribution in [0.4, 0.5) is 11.4 Å². The summed E-state index contributed by atoms with van der Waals surface area (Å²) in [6, 6.07) is 18.1. The number of sulfonamides is 1. The predicted octanol–water partition coefficient (Wildman–Crippen LogP) is 7.28. The van der Waals surface area contributed by atoms with Gasteiger partial charge in [-0.05, 0) is 74.7 Å². The Hall–Kier alpha value is -7.28. The van der Waals surface area contributed by atoms with Gasteiger partial charge in [0.05, 0.1) is 23.1 Å². The lowest BCUT2D eigenvalue weighted by Gasteiger charge is -2.27. The van der Waals surface area contributed by atoms with E-state index in [1.54, 1.807) is 81.0 Å². The highest BCUT2D eigenvalue weighted by Gasteiger charge is 2.45. The first-order valence-electron chi connectivity index (χ1n) is 23.1. The number of amides is 4. The van der Waals surface area contributed by atoms with E-state index in [1.165, 1.54) is 4.57 Å². The second-order valence-corrected chi connectivity index (χ2v) is 19.1. The van der Waals surface area contributed by atoms with Gasteiger partial charge < -0.3 is 24.3 Å². The van der Waals surface area contributed by atoms with Crippen LogP contribution < -0.4 is 30.4 Å². The van der Waals surface area contributed by atoms with Crippen molar-refractivity contribution in [3.05, 3.63) is 112 Å². The predicted molar refractivity (Wildman–Crippen MR) is 256 cm³/mol. The molecule has 6 aromatic rings. The molecule has 4 N–H and O–H groups in total. The normalized spacial score (nSPS) is 14.9. The van der Waals surface area contributed by atoms with Crippen LogP contribution in [0.15, 0.2) is 90.1 Å². The maximum Gasteiger partial charge on any atom is 0.274 e. The molecule has 1 atom stereocenters. The van der Waals surface area contributed by atoms with E-state index in [4.69, 9.17) is 9.47 Å². The van der Waals surface area contributed by atoms with E-state index in [9.17, 15) is 32.4 Å². The van der Waals surface area contributed by atoms with Gasteiger partial charge >= 0.3 is 0 Å². The van der Waals surface area contributed by atoms with Crippen molar-refractivity contribution in [2.75, 3.05) is 22.3 Å². The van der Waals surface area contributed by atoms with Crippen molar-refractivity contribution in [1.29, 1.82) is 0 Å². The lowest BCUT2D eigenvalue weighted by Crippen LogP contribution is -2.54. The number of hydrogen-bond donors (Lipinski definition) is 4. The molecular formula is C49H55N9O9S. The molecule has 0 aliphatic carbocycles. The van der Waals surface area contributed by atoms with E-state index >= 15 is 0 Å². The lowest BCUT2D eigenvalue weighted by atomic mass is 10.0. The molecule has 1 fully saturated rings. The van der Waals surface area contributed by atoms with Crippen molar-refractivity contribution in [2.24, 2.45) is 7.05 Å². The minimum Gasteiger partial charge on any atom is -0.487 e. The Bertz CT molecular complexity index is 3010. The van der Waals surface area contributed by atoms with Crippen LogP contribution in [0, 0.1) is 0 Å². The van der Waals surface area contributed by atoms with Crippen LogP contribution in [0.3, 0.4) is 0 Å². The molecule has 0 spiro atoms. The number of aromatic amines is 1. The summed E-state index contributed by atoms with van der Waals surface area (Å²) < 4.78 is 43.3. The van der Waals surface area contributed by atoms with E-state index < -0.39 is 39.7 Å². The molecule has 2 aliphatic heterocycles. The summed E-state index contributed by atoms with van der Waals surface area (Å²) in [5, 5.41) is 14.8. The number of ether oxygens (including phenoxy) is 2. The van der Waals surface area contributed by atoms with E-state index in [2.05, 4.69) is 30.7 Å². The first-order valence-corrected chi connectivity index (χ1v) is 24.7. The van der Waals surface area contributed by atoms with Gasteiger partial charge in [0.15, 0.2) is 0 Å². The van der Waals surface area contributed by atoms with Crippen molar-refractivity contribution >= 4 is 55.9 Å². The third kappa shape index (κ3) is 10.9. The van der Waals surface area contributed by atoms with Crippen LogP contribution in [-0.4, -0.2) is 79.8 Å². The maximum atomic E-state index is 13.3. The highest BCUT2D eigenvalue weighted by Crippen LogP contribution is 2.39. The molecule has 2 aliphatic rings. The van der Waals surface area contributed by atoms with Gasteiger partial charge in [-0.3, -0.25) is 43.6 Å². The van der Waals surface area contributed by atoms with Crippen LogP contribution in [0.2, 0.25) is 0 Å². The fourth-order valence-corrected chi connectivity index (χ4v) is 9.21. The van der Waals surface area contributed by atoms with Crippen LogP contribution in [0.25, 0.3) is 22.0 Å². The molecule has 1 saturated heterocycles. The van der Waals surface area contributed by atoms with Crippen LogP contribution in [-0.2, 0) is 39.8 Å². The fourth-order valence-electron chi connectivity index (χ4n) is 8.58. The quantitative estimate of drug-likeness (QED) is 0.0367. The summed E-state index contributed by atoms with van der Waals surface area (Å²) in [6.45, 7) is 3.19. The van der Waals surface area contributed by atoms with E-state index in [1.807, 2.05) is 23.0 Å². The smallest absolute Gasteiger partial charge is 0.274 e. The zero-order chi connectivity index (χ0) is 47.8. The number of nitrogens with zero attached hydrogens (tertiary/aromatic N) is 5. The second-order valence-electron chi connectivity index (χ2n) is 17.1. The summed E-state index contributed by atoms with van der Waals surface area (Å²) in [7, 11) is -1.89. The largest absolute Gasteiger partial charge is 0.487 e. The third-order valence-electron chi connectivity index (χ3n) is 12.2. The number of pyridine rings is 1. The minimum atomic E-state index is -3.55. The number of H-pyrrole nitrogens is 1. The van der Waals surface area contributed by atoms with Gasteiger partial charge in [0.1, 0.15) is 41.1 Å². The van der Waals surface area contributed by atoms with Crippen molar-refractivity contribution in [1.82, 2.24) is 34.8 Å². The summed E-state index contributed by atoms with van der Waals surface area (Å²) in [6.07, 6.45) is 15.2. The van der Waals surface area contributed by atoms with Gasteiger partial charge in [-0.1, -0.05) is 62.3 Å². The number of piperidine rings is 1. The SMILES string of the molecule is CCS(=O)(=O)Nc1ccc(Oc2cccc(OCc3cn(CCCCCCCCCCCNc4cccc5c4C(=O)N(C4CCC(=O)NC4=O)C5=O)nn3)c2)c(-c2cn(C)c(=O)c3[nH]ccc23)c1. The van der Waals surface area contributed by atoms with Gasteiger partial charge in [-0.2, -0.15) is 0 Å². The summed E-state index contributed by atoms with van der Waals surface area (Å²) in [4.78, 5) is 67.2. The van der Waals surface area contributed by atoms with E-state index in [-0.39, 0.29) is 41.9 Å². The number of aryl methyl sites for hydroxylation is 2. The molecule has 18 nitrogen and oxygen atoms in total. The molecule has 356 valence electrons. The number of imide groups is 2. The average Bonchev–Trinajstić information content (AvgIpc) is 4.07. The van der Waals surface area contributed by atoms with Crippen LogP contribution in [0.1, 0.15) is 104 Å². The number of fused-ring (bicyclic) bond motifs is 2. The molecule has 0 bridgehead atoms. The highest BCUT2D eigenvalue weighted by molar-refractivity contribution is 7.92. The number of rotatable bonds is 23. The standard InChI is InChI=1S/C49H55N9O9S/c1-3-68(64,65)54-32-19-21-42(38(27-32)39-30-56(2)49(63)45-36(39)23-25-51-45)67-35-16-13-15-34(28-35)66-31-33-29-57(55-53-33)26-12-10-8-6-4-5-7-9-11-24-50-40-18-14-17-37-44(40)48(62)58(47(37)61)41-20-22-43(59)52-46(41)60/h13-19,21,23,25,27-30,41,50-51,54H,3-12,20,22,24,26,31H2,1-2H3,(H,52,59,60). The van der Waals surface area contributed by atoms with E-state index in [0.717, 1.165) is 69.2 Å². The molecule has 0 saturated carbocycles. The molecule has 5 heterocycles. The Morgan fingerprint density at radius 2 is 1.56 bits per heavy atom. The van der Waals surface area contributed by atoms with Crippen molar-refractivity contribution < 1.29 is 37.1 Å². The van der Waals surface area contributed by atoms with Gasteiger partial charge in [0.25, 0.3) is 17.4 Å². The van der Waals surface area contributed by atoms with Gasteiger partial charge in [-0.25, -0.2) is 8.42 Å². The van der Waals surface area contributed by atoms with Gasteiger partial charge in [0, 0.05) is 72.9 Å². The summed E-state index contributed by atoms with van der Waals surface area (Å²) >= 11 is 0. The number of nitrogens with one attached hydrogen (secondary N) is 4. The lowest BCUT2D eigenvalue weighted by molar-refractivity contribution is -0.136. The Balaban J connectivity index is 0.735. The van der Waals surface area contributed by atoms with Crippen molar-refractivity contribution in [3.63, 3.8) is 0 Å². The molecule has 19 heteroatoms. The molecule has 3 aromatic carbocycles. The molecule has 68 heavy (non-hydrogen) atoms. The zero-order valence-corrected chi connectivity index (χ0v) is 38.9. The van der Waals surface area contributed by atoms with Gasteiger partial charge in [-0.15, -0.1) is 5.10 Å². The summed E-state index contributed by atoms with van der Waals surface area (Å²) in [5.41, 5.74) is 3.69. The molecular weight excluding hydrogens is 891 g/mol. The van der Waals surface area contributed by atoms with Crippen molar-refractivity contribution in [2.45, 2.75) is 96.7 Å². The van der Waals surface area contributed by atoms with Crippen LogP contribution in [0.5, 0.6) is 17.2 Å². The topological polar surface area (TPSA) is 229 Å². The first-order chi connectivity index (χ1) is 32.9. The minimum absolute atomic E-state index is 0.0812. The molecule has 3 aromatic heterocycles. The Morgan fingerprint density at radius 3 is 2.34 bits per heavy atom. The zero-order valence-electron chi connectivity index (χ0n) is 38.1. The second kappa shape index (κ2) is 21.1. The number of carbonyl (C=O) groups is 4. The third-order valence-corrected chi connectivity index (χ3v) is 13.5. The fraction of sp³-hybridized carbons (Fsp3) is 0.367. The molecule has 4 amide bonds. The highest BCUT2D eigenvalue weighted by atomic mass is 32.2. The molecule has 8 rings (SSSR count). The molecule has 0 radical (unpaired) electrons. The van der Waals surface area contributed by atoms with Crippen LogP contribution >= 0.6 is 0 Å². The van der Waals surface area contributed by atoms with Crippen molar-refractivity contribution in [3.8, 4) is 28.4 Å². The Labute approximate surface area is 393 Å². The monoisotopic (exact) mass is 945 g/mol. The number of unbranched alkanes of at least 4 members (excludes halogenated alkanes) is 8. The molecule has 1 unspecified atom stereocenters. The number of hydrogen-bond acceptors (Lipinski definition) is 12. The number of benzene rings is 3. The Morgan fingerprint density at radius 1 is 0.809 bits per heavy atom. The number of aromatic nitrogens is 5. The Kier molecular flexibility index (Phi) is 14.7. The first kappa shape index (κ1) is 47.2. The van der Waals surface area contributed by atoms with Gasteiger partial charge in [0.2, 0.25) is 21.8 Å². The summed E-state index contributed by atoms with van der Waals surface area (Å²) in [5.74, 6) is -0.623. The van der Waals surface area contributed by atoms with E-state index in [0.29, 0.717) is 62.9 Å².